The van der Waals surface area contributed by atoms with Gasteiger partial charge in [0.25, 0.3) is 11.8 Å². The van der Waals surface area contributed by atoms with Crippen LogP contribution in [0.5, 0.6) is 11.5 Å². The molecule has 2 aromatic carbocycles. The number of nitrogens with zero attached hydrogens (tertiary/aromatic N) is 2. The summed E-state index contributed by atoms with van der Waals surface area (Å²) in [7, 11) is 1.42. The number of anilines is 1. The number of hydrogen-bond acceptors (Lipinski definition) is 6. The summed E-state index contributed by atoms with van der Waals surface area (Å²) in [6, 6.07) is 11.5. The standard InChI is InChI=1S/C28H22BrCl2IN2O6/c1-40-20-10-15(35)6-7-17(20)22-16-8-9-18-21(24(37)34(23(18)36)14-4-2-13(32)3-5-14)19(16)11-27(30)25(38)33(12-29)26(39)28(22,27)31/h2-8,10,18-19,21-22,35H,9,11-12H2,1H3/t18-,19+,21-,22+,27+,28-/m0/s1. The molecule has 2 heterocycles. The van der Waals surface area contributed by atoms with Crippen molar-refractivity contribution in [2.75, 3.05) is 17.5 Å². The summed E-state index contributed by atoms with van der Waals surface area (Å²) in [4.78, 5) is 53.6. The second-order valence-electron chi connectivity index (χ2n) is 10.4. The number of amides is 4. The van der Waals surface area contributed by atoms with Gasteiger partial charge in [0.2, 0.25) is 11.8 Å². The van der Waals surface area contributed by atoms with Crippen LogP contribution in [-0.4, -0.2) is 55.9 Å². The number of likely N-dealkylation sites (tertiary alicyclic amines) is 1. The first-order valence-corrected chi connectivity index (χ1v) is 15.5. The number of alkyl halides is 3. The van der Waals surface area contributed by atoms with Crippen molar-refractivity contribution in [1.82, 2.24) is 4.90 Å². The number of fused-ring (bicyclic) bond motifs is 4. The van der Waals surface area contributed by atoms with Crippen molar-refractivity contribution in [1.29, 1.82) is 0 Å². The molecule has 2 aliphatic heterocycles. The normalized spacial score (nSPS) is 33.1. The molecule has 0 radical (unpaired) electrons. The first-order chi connectivity index (χ1) is 19.0. The first-order valence-electron chi connectivity index (χ1n) is 12.5. The Labute approximate surface area is 261 Å². The lowest BCUT2D eigenvalue weighted by Gasteiger charge is -2.50. The molecule has 3 fully saturated rings. The summed E-state index contributed by atoms with van der Waals surface area (Å²) in [5, 5.41) is 10.1. The molecule has 2 aromatic rings. The van der Waals surface area contributed by atoms with E-state index < -0.39 is 45.2 Å². The van der Waals surface area contributed by atoms with Gasteiger partial charge in [0, 0.05) is 21.1 Å². The minimum absolute atomic E-state index is 0.0629. The lowest BCUT2D eigenvalue weighted by molar-refractivity contribution is -0.138. The van der Waals surface area contributed by atoms with Crippen molar-refractivity contribution in [2.24, 2.45) is 17.8 Å². The Morgan fingerprint density at radius 1 is 1.05 bits per heavy atom. The van der Waals surface area contributed by atoms with Gasteiger partial charge in [-0.3, -0.25) is 29.0 Å². The Morgan fingerprint density at radius 3 is 2.40 bits per heavy atom. The summed E-state index contributed by atoms with van der Waals surface area (Å²) in [6.07, 6.45) is 2.02. The zero-order valence-electron chi connectivity index (χ0n) is 20.9. The van der Waals surface area contributed by atoms with Crippen molar-refractivity contribution in [3.8, 4) is 11.5 Å². The van der Waals surface area contributed by atoms with Crippen LogP contribution in [0.2, 0.25) is 0 Å². The van der Waals surface area contributed by atoms with Gasteiger partial charge >= 0.3 is 0 Å². The third-order valence-electron chi connectivity index (χ3n) is 8.63. The number of hydrogen-bond donors (Lipinski definition) is 1. The molecule has 0 aromatic heterocycles. The van der Waals surface area contributed by atoms with Crippen molar-refractivity contribution < 1.29 is 29.0 Å². The van der Waals surface area contributed by atoms with Gasteiger partial charge < -0.3 is 9.84 Å². The van der Waals surface area contributed by atoms with Crippen LogP contribution in [0.3, 0.4) is 0 Å². The van der Waals surface area contributed by atoms with Crippen LogP contribution < -0.4 is 9.64 Å². The van der Waals surface area contributed by atoms with E-state index in [-0.39, 0.29) is 41.6 Å². The van der Waals surface area contributed by atoms with Crippen LogP contribution in [0.15, 0.2) is 54.1 Å². The molecule has 2 aliphatic carbocycles. The van der Waals surface area contributed by atoms with E-state index in [0.717, 1.165) is 8.47 Å². The number of phenols is 1. The highest BCUT2D eigenvalue weighted by atomic mass is 127. The van der Waals surface area contributed by atoms with E-state index in [2.05, 4.69) is 38.5 Å². The summed E-state index contributed by atoms with van der Waals surface area (Å²) < 4.78 is 6.53. The van der Waals surface area contributed by atoms with Gasteiger partial charge in [-0.2, -0.15) is 0 Å². The molecule has 0 spiro atoms. The van der Waals surface area contributed by atoms with E-state index in [1.54, 1.807) is 18.2 Å². The highest BCUT2D eigenvalue weighted by molar-refractivity contribution is 14.1. The van der Waals surface area contributed by atoms with E-state index >= 15 is 0 Å². The molecule has 1 saturated carbocycles. The number of aromatic hydroxyl groups is 1. The van der Waals surface area contributed by atoms with Crippen molar-refractivity contribution in [3.63, 3.8) is 0 Å². The molecule has 208 valence electrons. The Hall–Kier alpha value is -2.15. The molecular formula is C28H22BrCl2IN2O6. The number of allylic oxidation sites excluding steroid dienone is 2. The molecule has 0 bridgehead atoms. The van der Waals surface area contributed by atoms with E-state index in [0.29, 0.717) is 16.8 Å². The SMILES string of the molecule is COc1cc(O)ccc1[C@H]1C2=CC[C@@H]3C(=O)N(c4ccc(I)cc4)C(=O)[C@@H]3[C@@H]2C[C@@]2(Cl)C(=O)N(CBr)C(=O)[C@@]12Cl. The molecule has 12 heteroatoms. The molecule has 0 unspecified atom stereocenters. The van der Waals surface area contributed by atoms with Crippen LogP contribution in [-0.2, 0) is 19.2 Å². The Kier molecular flexibility index (Phi) is 6.79. The van der Waals surface area contributed by atoms with Crippen molar-refractivity contribution in [2.45, 2.75) is 28.5 Å². The molecule has 6 atom stereocenters. The molecule has 4 aliphatic rings. The number of methoxy groups -OCH3 is 1. The Bertz CT molecular complexity index is 1520. The van der Waals surface area contributed by atoms with Crippen LogP contribution in [0.25, 0.3) is 0 Å². The van der Waals surface area contributed by atoms with Gasteiger partial charge in [-0.05, 0) is 71.7 Å². The second kappa shape index (κ2) is 9.71. The zero-order valence-corrected chi connectivity index (χ0v) is 26.2. The average molecular weight is 760 g/mol. The van der Waals surface area contributed by atoms with Gasteiger partial charge in [-0.1, -0.05) is 33.6 Å². The summed E-state index contributed by atoms with van der Waals surface area (Å²) in [6.45, 7) is 0. The molecule has 1 N–H and O–H groups in total. The molecule has 4 amide bonds. The molecule has 6 rings (SSSR count). The lowest BCUT2D eigenvalue weighted by Crippen LogP contribution is -2.60. The number of imide groups is 2. The van der Waals surface area contributed by atoms with Gasteiger partial charge in [0.15, 0.2) is 9.75 Å². The van der Waals surface area contributed by atoms with Crippen molar-refractivity contribution >= 4 is 91.0 Å². The van der Waals surface area contributed by atoms with Gasteiger partial charge in [0.05, 0.1) is 30.1 Å². The van der Waals surface area contributed by atoms with E-state index in [1.165, 1.54) is 24.1 Å². The molecule has 8 nitrogen and oxygen atoms in total. The third-order valence-corrected chi connectivity index (χ3v) is 11.3. The minimum Gasteiger partial charge on any atom is -0.508 e. The number of carbonyl (C=O) groups excluding carboxylic acids is 4. The topological polar surface area (TPSA) is 104 Å². The number of benzene rings is 2. The maximum atomic E-state index is 14.0. The van der Waals surface area contributed by atoms with Crippen molar-refractivity contribution in [3.05, 3.63) is 63.2 Å². The highest BCUT2D eigenvalue weighted by Crippen LogP contribution is 2.66. The Morgan fingerprint density at radius 2 is 1.75 bits per heavy atom. The summed E-state index contributed by atoms with van der Waals surface area (Å²) >= 11 is 19.8. The maximum absolute atomic E-state index is 14.0. The van der Waals surface area contributed by atoms with E-state index in [4.69, 9.17) is 27.9 Å². The average Bonchev–Trinajstić information content (AvgIpc) is 3.27. The van der Waals surface area contributed by atoms with Crippen LogP contribution in [0.4, 0.5) is 5.69 Å². The maximum Gasteiger partial charge on any atom is 0.254 e. The number of carbonyl (C=O) groups is 4. The molecule has 40 heavy (non-hydrogen) atoms. The smallest absolute Gasteiger partial charge is 0.254 e. The van der Waals surface area contributed by atoms with Gasteiger partial charge in [-0.25, -0.2) is 0 Å². The fourth-order valence-electron chi connectivity index (χ4n) is 6.88. The number of halogens is 4. The second-order valence-corrected chi connectivity index (χ2v) is 13.4. The zero-order chi connectivity index (χ0) is 28.7. The number of rotatable bonds is 4. The fourth-order valence-corrected chi connectivity index (χ4v) is 8.66. The van der Waals surface area contributed by atoms with Crippen LogP contribution >= 0.6 is 61.7 Å². The lowest BCUT2D eigenvalue weighted by atomic mass is 9.56. The van der Waals surface area contributed by atoms with Gasteiger partial charge in [0.1, 0.15) is 11.5 Å². The summed E-state index contributed by atoms with van der Waals surface area (Å²) in [5.74, 6) is -4.90. The van der Waals surface area contributed by atoms with Gasteiger partial charge in [-0.15, -0.1) is 23.2 Å². The number of phenolic OH excluding ortho intramolecular Hbond substituents is 1. The van der Waals surface area contributed by atoms with E-state index in [9.17, 15) is 24.3 Å². The number of ether oxygens (including phenoxy) is 1. The Balaban J connectivity index is 1.54. The predicted octanol–water partition coefficient (Wildman–Crippen LogP) is 4.92. The highest BCUT2D eigenvalue weighted by Gasteiger charge is 2.76. The predicted molar refractivity (Wildman–Crippen MR) is 160 cm³/mol. The third kappa shape index (κ3) is 3.61. The molecular weight excluding hydrogens is 738 g/mol. The molecule has 2 saturated heterocycles. The van der Waals surface area contributed by atoms with Crippen LogP contribution in [0, 0.1) is 21.3 Å². The minimum atomic E-state index is -1.94. The van der Waals surface area contributed by atoms with Crippen LogP contribution in [0.1, 0.15) is 24.3 Å². The fraction of sp³-hybridized carbons (Fsp3) is 0.357. The quantitative estimate of drug-likeness (QED) is 0.156. The monoisotopic (exact) mass is 758 g/mol. The first kappa shape index (κ1) is 28.0. The largest absolute Gasteiger partial charge is 0.508 e. The summed E-state index contributed by atoms with van der Waals surface area (Å²) in [5.41, 5.74) is 1.46. The van der Waals surface area contributed by atoms with E-state index in [1.807, 2.05) is 18.2 Å².